The van der Waals surface area contributed by atoms with E-state index < -0.39 is 11.9 Å². The summed E-state index contributed by atoms with van der Waals surface area (Å²) in [5, 5.41) is 0. The highest BCUT2D eigenvalue weighted by atomic mass is 16.5. The smallest absolute Gasteiger partial charge is 0.339 e. The highest BCUT2D eigenvalue weighted by Crippen LogP contribution is 2.19. The van der Waals surface area contributed by atoms with Crippen molar-refractivity contribution in [2.45, 2.75) is 91.9 Å². The number of hydrogen-bond acceptors (Lipinski definition) is 4. The van der Waals surface area contributed by atoms with Gasteiger partial charge < -0.3 is 9.47 Å². The van der Waals surface area contributed by atoms with Crippen molar-refractivity contribution in [3.63, 3.8) is 0 Å². The molecule has 1 aromatic rings. The molecule has 0 radical (unpaired) electrons. The van der Waals surface area contributed by atoms with Crippen LogP contribution in [0.4, 0.5) is 0 Å². The van der Waals surface area contributed by atoms with Gasteiger partial charge in [0.15, 0.2) is 0 Å². The first-order valence-corrected chi connectivity index (χ1v) is 12.0. The van der Waals surface area contributed by atoms with Crippen LogP contribution in [-0.4, -0.2) is 25.2 Å². The molecule has 1 rings (SSSR count). The summed E-state index contributed by atoms with van der Waals surface area (Å²) in [4.78, 5) is 25.4. The largest absolute Gasteiger partial charge is 0.462 e. The van der Waals surface area contributed by atoms with Crippen molar-refractivity contribution in [2.24, 2.45) is 11.8 Å². The monoisotopic (exact) mass is 418 g/mol. The molecule has 2 atom stereocenters. The fourth-order valence-electron chi connectivity index (χ4n) is 3.68. The molecule has 0 amide bonds. The first-order valence-electron chi connectivity index (χ1n) is 12.0. The summed E-state index contributed by atoms with van der Waals surface area (Å²) in [6, 6.07) is 6.82. The molecule has 0 N–H and O–H groups in total. The molecule has 4 heteroatoms. The summed E-state index contributed by atoms with van der Waals surface area (Å²) < 4.78 is 11.2. The van der Waals surface area contributed by atoms with Crippen molar-refractivity contribution in [2.75, 3.05) is 13.2 Å². The molecule has 0 heterocycles. The van der Waals surface area contributed by atoms with E-state index in [1.165, 1.54) is 12.8 Å². The number of carbonyl (C=O) groups excluding carboxylic acids is 2. The van der Waals surface area contributed by atoms with E-state index in [0.717, 1.165) is 51.4 Å². The summed E-state index contributed by atoms with van der Waals surface area (Å²) in [6.07, 6.45) is 11.1. The Morgan fingerprint density at radius 1 is 0.700 bits per heavy atom. The van der Waals surface area contributed by atoms with Gasteiger partial charge in [-0.3, -0.25) is 0 Å². The lowest BCUT2D eigenvalue weighted by Gasteiger charge is -2.17. The molecule has 1 aromatic carbocycles. The van der Waals surface area contributed by atoms with E-state index in [9.17, 15) is 9.59 Å². The molecule has 4 nitrogen and oxygen atoms in total. The Labute approximate surface area is 183 Å². The first-order chi connectivity index (χ1) is 14.6. The van der Waals surface area contributed by atoms with Gasteiger partial charge in [0.2, 0.25) is 0 Å². The first kappa shape index (κ1) is 26.2. The SMILES string of the molecule is CCCCCC(CC)COC(=O)c1ccccc1C(=O)OCC(CCC)CCCC. The molecule has 2 unspecified atom stereocenters. The summed E-state index contributed by atoms with van der Waals surface area (Å²) in [5.74, 6) is -0.123. The third-order valence-corrected chi connectivity index (χ3v) is 5.72. The number of unbranched alkanes of at least 4 members (excludes halogenated alkanes) is 3. The van der Waals surface area contributed by atoms with Crippen LogP contribution < -0.4 is 0 Å². The van der Waals surface area contributed by atoms with E-state index in [2.05, 4.69) is 27.7 Å². The maximum atomic E-state index is 12.7. The molecular weight excluding hydrogens is 376 g/mol. The third kappa shape index (κ3) is 9.77. The Balaban J connectivity index is 2.68. The van der Waals surface area contributed by atoms with Crippen molar-refractivity contribution in [1.29, 1.82) is 0 Å². The molecule has 0 saturated carbocycles. The quantitative estimate of drug-likeness (QED) is 0.210. The molecule has 0 fully saturated rings. The van der Waals surface area contributed by atoms with Crippen LogP contribution in [0.3, 0.4) is 0 Å². The van der Waals surface area contributed by atoms with Gasteiger partial charge in [0.25, 0.3) is 0 Å². The van der Waals surface area contributed by atoms with Crippen LogP contribution in [0.1, 0.15) is 113 Å². The number of benzene rings is 1. The highest BCUT2D eigenvalue weighted by molar-refractivity contribution is 6.03. The van der Waals surface area contributed by atoms with Gasteiger partial charge in [-0.25, -0.2) is 9.59 Å². The predicted octanol–water partition coefficient (Wildman–Crippen LogP) is 7.21. The van der Waals surface area contributed by atoms with Gasteiger partial charge in [-0.15, -0.1) is 0 Å². The maximum Gasteiger partial charge on any atom is 0.339 e. The van der Waals surface area contributed by atoms with E-state index in [4.69, 9.17) is 9.47 Å². The lowest BCUT2D eigenvalue weighted by Crippen LogP contribution is -2.19. The molecule has 0 bridgehead atoms. The fourth-order valence-corrected chi connectivity index (χ4v) is 3.68. The number of esters is 2. The second-order valence-electron chi connectivity index (χ2n) is 8.31. The van der Waals surface area contributed by atoms with Crippen LogP contribution >= 0.6 is 0 Å². The standard InChI is InChI=1S/C26H42O4/c1-5-9-11-16-21(8-4)19-29-25(27)23-17-12-13-18-24(23)26(28)30-20-22(14-7-3)15-10-6-2/h12-13,17-18,21-22H,5-11,14-16,19-20H2,1-4H3. The van der Waals surface area contributed by atoms with Crippen molar-refractivity contribution in [3.05, 3.63) is 35.4 Å². The average Bonchev–Trinajstić information content (AvgIpc) is 2.77. The van der Waals surface area contributed by atoms with Crippen LogP contribution in [0.5, 0.6) is 0 Å². The maximum absolute atomic E-state index is 12.7. The van der Waals surface area contributed by atoms with E-state index in [0.29, 0.717) is 36.2 Å². The van der Waals surface area contributed by atoms with E-state index >= 15 is 0 Å². The lowest BCUT2D eigenvalue weighted by atomic mass is 9.98. The lowest BCUT2D eigenvalue weighted by molar-refractivity contribution is 0.0379. The average molecular weight is 419 g/mol. The van der Waals surface area contributed by atoms with Gasteiger partial charge in [-0.05, 0) is 43.2 Å². The van der Waals surface area contributed by atoms with Crippen molar-refractivity contribution in [1.82, 2.24) is 0 Å². The molecule has 170 valence electrons. The van der Waals surface area contributed by atoms with Crippen LogP contribution in [0, 0.1) is 11.8 Å². The van der Waals surface area contributed by atoms with Crippen LogP contribution in [0.2, 0.25) is 0 Å². The molecule has 0 aliphatic carbocycles. The Hall–Kier alpha value is -1.84. The summed E-state index contributed by atoms with van der Waals surface area (Å²) in [7, 11) is 0. The zero-order chi connectivity index (χ0) is 22.2. The molecule has 0 saturated heterocycles. The predicted molar refractivity (Wildman–Crippen MR) is 123 cm³/mol. The van der Waals surface area contributed by atoms with E-state index in [-0.39, 0.29) is 0 Å². The van der Waals surface area contributed by atoms with Gasteiger partial charge in [0, 0.05) is 0 Å². The third-order valence-electron chi connectivity index (χ3n) is 5.72. The minimum atomic E-state index is -0.437. The Kier molecular flexibility index (Phi) is 13.9. The zero-order valence-corrected chi connectivity index (χ0v) is 19.6. The topological polar surface area (TPSA) is 52.6 Å². The number of carbonyl (C=O) groups is 2. The molecule has 0 aromatic heterocycles. The molecule has 0 aliphatic heterocycles. The number of rotatable bonds is 16. The molecule has 30 heavy (non-hydrogen) atoms. The number of ether oxygens (including phenoxy) is 2. The summed E-state index contributed by atoms with van der Waals surface area (Å²) in [5.41, 5.74) is 0.596. The second kappa shape index (κ2) is 15.9. The second-order valence-corrected chi connectivity index (χ2v) is 8.31. The minimum absolute atomic E-state index is 0.298. The fraction of sp³-hybridized carbons (Fsp3) is 0.692. The molecular formula is C26H42O4. The van der Waals surface area contributed by atoms with Crippen molar-refractivity contribution in [3.8, 4) is 0 Å². The van der Waals surface area contributed by atoms with Crippen LogP contribution in [0.15, 0.2) is 24.3 Å². The number of hydrogen-bond donors (Lipinski definition) is 0. The Morgan fingerprint density at radius 3 is 1.73 bits per heavy atom. The normalized spacial score (nSPS) is 12.9. The van der Waals surface area contributed by atoms with Crippen LogP contribution in [-0.2, 0) is 9.47 Å². The molecule has 0 spiro atoms. The summed E-state index contributed by atoms with van der Waals surface area (Å²) >= 11 is 0. The Bertz CT molecular complexity index is 611. The Morgan fingerprint density at radius 2 is 1.23 bits per heavy atom. The summed E-state index contributed by atoms with van der Waals surface area (Å²) in [6.45, 7) is 9.44. The van der Waals surface area contributed by atoms with Gasteiger partial charge in [-0.1, -0.05) is 84.8 Å². The van der Waals surface area contributed by atoms with E-state index in [1.807, 2.05) is 0 Å². The van der Waals surface area contributed by atoms with Gasteiger partial charge >= 0.3 is 11.9 Å². The van der Waals surface area contributed by atoms with Crippen molar-refractivity contribution < 1.29 is 19.1 Å². The highest BCUT2D eigenvalue weighted by Gasteiger charge is 2.21. The van der Waals surface area contributed by atoms with E-state index in [1.54, 1.807) is 24.3 Å². The van der Waals surface area contributed by atoms with Crippen LogP contribution in [0.25, 0.3) is 0 Å². The van der Waals surface area contributed by atoms with Gasteiger partial charge in [0.05, 0.1) is 24.3 Å². The zero-order valence-electron chi connectivity index (χ0n) is 19.6. The molecule has 0 aliphatic rings. The van der Waals surface area contributed by atoms with Crippen molar-refractivity contribution >= 4 is 11.9 Å². The minimum Gasteiger partial charge on any atom is -0.462 e. The van der Waals surface area contributed by atoms with Gasteiger partial charge in [0.1, 0.15) is 0 Å². The van der Waals surface area contributed by atoms with Gasteiger partial charge in [-0.2, -0.15) is 0 Å².